The molecular weight excluding hydrogens is 246 g/mol. The van der Waals surface area contributed by atoms with Gasteiger partial charge in [-0.3, -0.25) is 0 Å². The fourth-order valence-electron chi connectivity index (χ4n) is 2.36. The Morgan fingerprint density at radius 3 is 2.80 bits per heavy atom. The van der Waals surface area contributed by atoms with Crippen LogP contribution in [0.1, 0.15) is 46.1 Å². The zero-order chi connectivity index (χ0) is 14.6. The second kappa shape index (κ2) is 6.40. The highest BCUT2D eigenvalue weighted by Gasteiger charge is 2.13. The highest BCUT2D eigenvalue weighted by Crippen LogP contribution is 2.24. The van der Waals surface area contributed by atoms with Crippen LogP contribution in [-0.2, 0) is 13.1 Å². The lowest BCUT2D eigenvalue weighted by Gasteiger charge is -2.18. The van der Waals surface area contributed by atoms with Gasteiger partial charge in [0.25, 0.3) is 0 Å². The minimum atomic E-state index is 0.353. The second-order valence-corrected chi connectivity index (χ2v) is 6.71. The van der Waals surface area contributed by atoms with Crippen molar-refractivity contribution in [3.63, 3.8) is 0 Å². The predicted molar refractivity (Wildman–Crippen MR) is 85.8 cm³/mol. The number of nitrogens with zero attached hydrogens (tertiary/aromatic N) is 2. The lowest BCUT2D eigenvalue weighted by molar-refractivity contribution is 0.352. The maximum absolute atomic E-state index is 4.57. The summed E-state index contributed by atoms with van der Waals surface area (Å²) in [6, 6.07) is 4.21. The van der Waals surface area contributed by atoms with Gasteiger partial charge in [0.2, 0.25) is 0 Å². The third-order valence-electron chi connectivity index (χ3n) is 3.56. The molecule has 0 aliphatic heterocycles. The van der Waals surface area contributed by atoms with Gasteiger partial charge in [-0.1, -0.05) is 27.7 Å². The predicted octanol–water partition coefficient (Wildman–Crippen LogP) is 3.97. The number of pyridine rings is 1. The molecule has 0 spiro atoms. The largest absolute Gasteiger partial charge is 0.332 e. The second-order valence-electron chi connectivity index (χ2n) is 6.71. The Hall–Kier alpha value is -1.35. The van der Waals surface area contributed by atoms with Gasteiger partial charge in [-0.05, 0) is 42.5 Å². The number of rotatable bonds is 6. The van der Waals surface area contributed by atoms with Gasteiger partial charge in [-0.25, -0.2) is 4.98 Å². The standard InChI is InChI=1S/C17H27N3/c1-5-9-18-12-14-13-20(11-8-17(2,3)4)16-15(14)7-6-10-19-16/h6-7,10,13,18H,5,8-9,11-12H2,1-4H3. The molecule has 0 aromatic carbocycles. The molecule has 3 heteroatoms. The summed E-state index contributed by atoms with van der Waals surface area (Å²) in [6.07, 6.45) is 6.49. The first-order valence-corrected chi connectivity index (χ1v) is 7.65. The molecule has 0 atom stereocenters. The number of aryl methyl sites for hydroxylation is 1. The van der Waals surface area contributed by atoms with E-state index in [1.54, 1.807) is 0 Å². The maximum Gasteiger partial charge on any atom is 0.140 e. The Bertz CT molecular complexity index is 549. The maximum atomic E-state index is 4.57. The highest BCUT2D eigenvalue weighted by atomic mass is 15.0. The highest BCUT2D eigenvalue weighted by molar-refractivity contribution is 5.80. The fraction of sp³-hybridized carbons (Fsp3) is 0.588. The van der Waals surface area contributed by atoms with Crippen molar-refractivity contribution in [1.82, 2.24) is 14.9 Å². The van der Waals surface area contributed by atoms with Gasteiger partial charge in [0, 0.05) is 30.9 Å². The van der Waals surface area contributed by atoms with Crippen LogP contribution in [0.15, 0.2) is 24.5 Å². The molecule has 0 unspecified atom stereocenters. The summed E-state index contributed by atoms with van der Waals surface area (Å²) in [5, 5.41) is 4.77. The SMILES string of the molecule is CCCNCc1cn(CCC(C)(C)C)c2ncccc12. The van der Waals surface area contributed by atoms with E-state index in [0.29, 0.717) is 5.41 Å². The van der Waals surface area contributed by atoms with Gasteiger partial charge < -0.3 is 9.88 Å². The summed E-state index contributed by atoms with van der Waals surface area (Å²) in [5.41, 5.74) is 2.83. The van der Waals surface area contributed by atoms with E-state index in [2.05, 4.69) is 54.8 Å². The van der Waals surface area contributed by atoms with E-state index in [1.807, 2.05) is 12.3 Å². The molecule has 0 saturated carbocycles. The molecule has 0 aliphatic carbocycles. The average Bonchev–Trinajstić information content (AvgIpc) is 2.75. The first-order valence-electron chi connectivity index (χ1n) is 7.65. The van der Waals surface area contributed by atoms with Crippen molar-refractivity contribution < 1.29 is 0 Å². The van der Waals surface area contributed by atoms with Crippen LogP contribution in [0.25, 0.3) is 11.0 Å². The monoisotopic (exact) mass is 273 g/mol. The Kier molecular flexibility index (Phi) is 4.81. The third kappa shape index (κ3) is 3.83. The summed E-state index contributed by atoms with van der Waals surface area (Å²) in [5.74, 6) is 0. The molecule has 0 amide bonds. The van der Waals surface area contributed by atoms with Crippen LogP contribution in [0.2, 0.25) is 0 Å². The average molecular weight is 273 g/mol. The van der Waals surface area contributed by atoms with Gasteiger partial charge in [0.05, 0.1) is 0 Å². The normalized spacial score (nSPS) is 12.2. The molecule has 0 fully saturated rings. The van der Waals surface area contributed by atoms with Crippen LogP contribution in [0, 0.1) is 5.41 Å². The summed E-state index contributed by atoms with van der Waals surface area (Å²) in [6.45, 7) is 12.1. The molecular formula is C17H27N3. The van der Waals surface area contributed by atoms with Crippen LogP contribution in [0.5, 0.6) is 0 Å². The van der Waals surface area contributed by atoms with Crippen molar-refractivity contribution in [2.24, 2.45) is 5.41 Å². The number of fused-ring (bicyclic) bond motifs is 1. The van der Waals surface area contributed by atoms with Gasteiger partial charge in [0.1, 0.15) is 5.65 Å². The summed E-state index contributed by atoms with van der Waals surface area (Å²) in [7, 11) is 0. The number of aromatic nitrogens is 2. The topological polar surface area (TPSA) is 29.9 Å². The van der Waals surface area contributed by atoms with Crippen LogP contribution in [0.3, 0.4) is 0 Å². The molecule has 20 heavy (non-hydrogen) atoms. The molecule has 110 valence electrons. The molecule has 2 aromatic rings. The van der Waals surface area contributed by atoms with Crippen LogP contribution in [0.4, 0.5) is 0 Å². The Labute approximate surface area is 122 Å². The van der Waals surface area contributed by atoms with Crippen LogP contribution >= 0.6 is 0 Å². The summed E-state index contributed by atoms with van der Waals surface area (Å²) >= 11 is 0. The molecule has 2 aromatic heterocycles. The van der Waals surface area contributed by atoms with Gasteiger partial charge in [0.15, 0.2) is 0 Å². The molecule has 2 rings (SSSR count). The lowest BCUT2D eigenvalue weighted by Crippen LogP contribution is -2.13. The van der Waals surface area contributed by atoms with Crippen molar-refractivity contribution in [2.75, 3.05) is 6.54 Å². The fourth-order valence-corrected chi connectivity index (χ4v) is 2.36. The smallest absolute Gasteiger partial charge is 0.140 e. The third-order valence-corrected chi connectivity index (χ3v) is 3.56. The first-order chi connectivity index (χ1) is 9.51. The summed E-state index contributed by atoms with van der Waals surface area (Å²) in [4.78, 5) is 4.57. The van der Waals surface area contributed by atoms with Gasteiger partial charge in [-0.15, -0.1) is 0 Å². The number of nitrogens with one attached hydrogen (secondary N) is 1. The van der Waals surface area contributed by atoms with Crippen molar-refractivity contribution in [3.8, 4) is 0 Å². The van der Waals surface area contributed by atoms with Crippen LogP contribution < -0.4 is 5.32 Å². The minimum Gasteiger partial charge on any atom is -0.332 e. The van der Waals surface area contributed by atoms with Crippen molar-refractivity contribution in [2.45, 2.75) is 53.6 Å². The molecule has 2 heterocycles. The van der Waals surface area contributed by atoms with E-state index in [4.69, 9.17) is 0 Å². The van der Waals surface area contributed by atoms with E-state index in [0.717, 1.165) is 31.7 Å². The first kappa shape index (κ1) is 15.0. The lowest BCUT2D eigenvalue weighted by atomic mass is 9.92. The van der Waals surface area contributed by atoms with E-state index >= 15 is 0 Å². The van der Waals surface area contributed by atoms with E-state index in [9.17, 15) is 0 Å². The van der Waals surface area contributed by atoms with Gasteiger partial charge >= 0.3 is 0 Å². The Morgan fingerprint density at radius 1 is 1.30 bits per heavy atom. The van der Waals surface area contributed by atoms with E-state index < -0.39 is 0 Å². The molecule has 3 nitrogen and oxygen atoms in total. The molecule has 0 bridgehead atoms. The van der Waals surface area contributed by atoms with Crippen molar-refractivity contribution in [3.05, 3.63) is 30.1 Å². The van der Waals surface area contributed by atoms with Crippen molar-refractivity contribution in [1.29, 1.82) is 0 Å². The van der Waals surface area contributed by atoms with E-state index in [1.165, 1.54) is 17.4 Å². The molecule has 0 radical (unpaired) electrons. The Morgan fingerprint density at radius 2 is 2.10 bits per heavy atom. The molecule has 1 N–H and O–H groups in total. The number of hydrogen-bond acceptors (Lipinski definition) is 2. The van der Waals surface area contributed by atoms with Crippen molar-refractivity contribution >= 4 is 11.0 Å². The number of hydrogen-bond donors (Lipinski definition) is 1. The zero-order valence-corrected chi connectivity index (χ0v) is 13.2. The molecule has 0 saturated heterocycles. The quantitative estimate of drug-likeness (QED) is 0.807. The van der Waals surface area contributed by atoms with Crippen LogP contribution in [-0.4, -0.2) is 16.1 Å². The Balaban J connectivity index is 2.21. The van der Waals surface area contributed by atoms with E-state index in [-0.39, 0.29) is 0 Å². The zero-order valence-electron chi connectivity index (χ0n) is 13.2. The molecule has 0 aliphatic rings. The summed E-state index contributed by atoms with van der Waals surface area (Å²) < 4.78 is 2.31. The minimum absolute atomic E-state index is 0.353. The van der Waals surface area contributed by atoms with Gasteiger partial charge in [-0.2, -0.15) is 0 Å².